The SMILES string of the molecule is Cc1cc(OCC(=O)N(Cc2cccc(Cl)c2)C(Cc2ccccc2)C(=O)NC2CCCCC2)ccc1Br. The van der Waals surface area contributed by atoms with Crippen molar-refractivity contribution in [3.05, 3.63) is 99.0 Å². The quantitative estimate of drug-likeness (QED) is 0.277. The van der Waals surface area contributed by atoms with Gasteiger partial charge in [0.15, 0.2) is 6.61 Å². The Hall–Kier alpha value is -2.83. The van der Waals surface area contributed by atoms with E-state index in [9.17, 15) is 9.59 Å². The third kappa shape index (κ3) is 8.08. The maximum Gasteiger partial charge on any atom is 0.261 e. The van der Waals surface area contributed by atoms with Crippen LogP contribution in [0.5, 0.6) is 5.75 Å². The molecular formula is C31H34BrClN2O3. The Morgan fingerprint density at radius 2 is 1.74 bits per heavy atom. The van der Waals surface area contributed by atoms with Gasteiger partial charge in [-0.3, -0.25) is 9.59 Å². The van der Waals surface area contributed by atoms with Crippen molar-refractivity contribution in [2.45, 2.75) is 64.1 Å². The van der Waals surface area contributed by atoms with Gasteiger partial charge in [-0.05, 0) is 66.8 Å². The van der Waals surface area contributed by atoms with E-state index in [1.807, 2.05) is 73.7 Å². The highest BCUT2D eigenvalue weighted by Crippen LogP contribution is 2.23. The number of ether oxygens (including phenoxy) is 1. The monoisotopic (exact) mass is 596 g/mol. The molecule has 0 bridgehead atoms. The minimum absolute atomic E-state index is 0.129. The molecule has 0 saturated heterocycles. The van der Waals surface area contributed by atoms with E-state index < -0.39 is 6.04 Å². The zero-order valence-electron chi connectivity index (χ0n) is 21.7. The molecule has 2 amide bonds. The van der Waals surface area contributed by atoms with Gasteiger partial charge in [-0.2, -0.15) is 0 Å². The predicted octanol–water partition coefficient (Wildman–Crippen LogP) is 6.88. The number of nitrogens with one attached hydrogen (secondary N) is 1. The van der Waals surface area contributed by atoms with Crippen molar-refractivity contribution in [3.8, 4) is 5.75 Å². The molecule has 0 radical (unpaired) electrons. The van der Waals surface area contributed by atoms with E-state index in [0.29, 0.717) is 17.2 Å². The van der Waals surface area contributed by atoms with Gasteiger partial charge in [-0.25, -0.2) is 0 Å². The Bertz CT molecular complexity index is 1230. The summed E-state index contributed by atoms with van der Waals surface area (Å²) in [4.78, 5) is 29.2. The summed E-state index contributed by atoms with van der Waals surface area (Å²) in [6.45, 7) is 2.04. The first-order chi connectivity index (χ1) is 18.4. The van der Waals surface area contributed by atoms with Crippen molar-refractivity contribution in [2.75, 3.05) is 6.61 Å². The van der Waals surface area contributed by atoms with Gasteiger partial charge in [0.05, 0.1) is 0 Å². The number of hydrogen-bond acceptors (Lipinski definition) is 3. The number of aryl methyl sites for hydroxylation is 1. The maximum absolute atomic E-state index is 13.8. The Kier molecular flexibility index (Phi) is 10.2. The Labute approximate surface area is 238 Å². The molecule has 4 rings (SSSR count). The molecule has 3 aromatic carbocycles. The number of nitrogens with zero attached hydrogens (tertiary/aromatic N) is 1. The van der Waals surface area contributed by atoms with E-state index in [1.165, 1.54) is 6.42 Å². The van der Waals surface area contributed by atoms with Crippen LogP contribution in [0.2, 0.25) is 5.02 Å². The van der Waals surface area contributed by atoms with Gasteiger partial charge >= 0.3 is 0 Å². The molecule has 1 N–H and O–H groups in total. The predicted molar refractivity (Wildman–Crippen MR) is 155 cm³/mol. The van der Waals surface area contributed by atoms with E-state index in [2.05, 4.69) is 21.2 Å². The molecule has 0 aromatic heterocycles. The lowest BCUT2D eigenvalue weighted by Crippen LogP contribution is -2.53. The number of rotatable bonds is 10. The molecule has 200 valence electrons. The molecule has 38 heavy (non-hydrogen) atoms. The van der Waals surface area contributed by atoms with Gasteiger partial charge in [-0.1, -0.05) is 89.3 Å². The Morgan fingerprint density at radius 1 is 1.00 bits per heavy atom. The average molecular weight is 598 g/mol. The number of hydrogen-bond donors (Lipinski definition) is 1. The van der Waals surface area contributed by atoms with Crippen molar-refractivity contribution < 1.29 is 14.3 Å². The topological polar surface area (TPSA) is 58.6 Å². The number of amides is 2. The molecule has 0 spiro atoms. The third-order valence-electron chi connectivity index (χ3n) is 6.96. The Morgan fingerprint density at radius 3 is 2.45 bits per heavy atom. The summed E-state index contributed by atoms with van der Waals surface area (Å²) in [5, 5.41) is 3.84. The van der Waals surface area contributed by atoms with Crippen LogP contribution in [0.25, 0.3) is 0 Å². The van der Waals surface area contributed by atoms with E-state index in [-0.39, 0.29) is 31.0 Å². The van der Waals surface area contributed by atoms with Gasteiger partial charge in [0.25, 0.3) is 5.91 Å². The number of benzene rings is 3. The average Bonchev–Trinajstić information content (AvgIpc) is 2.92. The van der Waals surface area contributed by atoms with Crippen LogP contribution in [0.3, 0.4) is 0 Å². The number of carbonyl (C=O) groups is 2. The van der Waals surface area contributed by atoms with Crippen LogP contribution < -0.4 is 10.1 Å². The summed E-state index contributed by atoms with van der Waals surface area (Å²) >= 11 is 9.76. The van der Waals surface area contributed by atoms with Crippen LogP contribution in [0, 0.1) is 6.92 Å². The van der Waals surface area contributed by atoms with Crippen LogP contribution in [0.4, 0.5) is 0 Å². The second-order valence-corrected chi connectivity index (χ2v) is 11.2. The zero-order chi connectivity index (χ0) is 26.9. The standard InChI is InChI=1S/C31H34BrClN2O3/c1-22-17-27(15-16-28(22)32)38-21-30(36)35(20-24-11-8-12-25(33)18-24)29(19-23-9-4-2-5-10-23)31(37)34-26-13-6-3-7-14-26/h2,4-5,8-12,15-18,26,29H,3,6-7,13-14,19-21H2,1H3,(H,34,37). The van der Waals surface area contributed by atoms with Gasteiger partial charge in [-0.15, -0.1) is 0 Å². The fourth-order valence-corrected chi connectivity index (χ4v) is 5.32. The zero-order valence-corrected chi connectivity index (χ0v) is 24.0. The molecule has 1 fully saturated rings. The highest BCUT2D eigenvalue weighted by atomic mass is 79.9. The van der Waals surface area contributed by atoms with Gasteiger partial charge in [0.2, 0.25) is 5.91 Å². The molecule has 1 aliphatic rings. The highest BCUT2D eigenvalue weighted by molar-refractivity contribution is 9.10. The number of carbonyl (C=O) groups excluding carboxylic acids is 2. The van der Waals surface area contributed by atoms with Crippen molar-refractivity contribution in [3.63, 3.8) is 0 Å². The normalized spacial score (nSPS) is 14.5. The van der Waals surface area contributed by atoms with Crippen molar-refractivity contribution in [1.29, 1.82) is 0 Å². The fraction of sp³-hybridized carbons (Fsp3) is 0.355. The molecule has 3 aromatic rings. The summed E-state index contributed by atoms with van der Waals surface area (Å²) in [6.07, 6.45) is 5.77. The number of halogens is 2. The van der Waals surface area contributed by atoms with Crippen molar-refractivity contribution in [2.24, 2.45) is 0 Å². The molecule has 0 aliphatic heterocycles. The maximum atomic E-state index is 13.8. The first kappa shape index (κ1) is 28.2. The van der Waals surface area contributed by atoms with E-state index in [0.717, 1.165) is 46.8 Å². The molecular weight excluding hydrogens is 564 g/mol. The van der Waals surface area contributed by atoms with Gasteiger partial charge in [0, 0.05) is 28.5 Å². The highest BCUT2D eigenvalue weighted by Gasteiger charge is 2.32. The van der Waals surface area contributed by atoms with E-state index >= 15 is 0 Å². The van der Waals surface area contributed by atoms with Gasteiger partial charge in [0.1, 0.15) is 11.8 Å². The molecule has 7 heteroatoms. The lowest BCUT2D eigenvalue weighted by atomic mass is 9.94. The van der Waals surface area contributed by atoms with Crippen LogP contribution in [-0.4, -0.2) is 35.4 Å². The van der Waals surface area contributed by atoms with Crippen LogP contribution in [0.15, 0.2) is 77.3 Å². The molecule has 5 nitrogen and oxygen atoms in total. The summed E-state index contributed by atoms with van der Waals surface area (Å²) < 4.78 is 6.88. The second kappa shape index (κ2) is 13.8. The third-order valence-corrected chi connectivity index (χ3v) is 8.08. The molecule has 1 atom stereocenters. The lowest BCUT2D eigenvalue weighted by molar-refractivity contribution is -0.143. The molecule has 1 aliphatic carbocycles. The Balaban J connectivity index is 1.61. The first-order valence-electron chi connectivity index (χ1n) is 13.2. The summed E-state index contributed by atoms with van der Waals surface area (Å²) in [5.41, 5.74) is 2.86. The van der Waals surface area contributed by atoms with E-state index in [1.54, 1.807) is 11.0 Å². The molecule has 1 saturated carbocycles. The van der Waals surface area contributed by atoms with Crippen molar-refractivity contribution in [1.82, 2.24) is 10.2 Å². The van der Waals surface area contributed by atoms with Crippen LogP contribution in [-0.2, 0) is 22.6 Å². The lowest BCUT2D eigenvalue weighted by Gasteiger charge is -2.33. The van der Waals surface area contributed by atoms with Crippen LogP contribution in [0.1, 0.15) is 48.8 Å². The van der Waals surface area contributed by atoms with E-state index in [4.69, 9.17) is 16.3 Å². The summed E-state index contributed by atoms with van der Waals surface area (Å²) in [6, 6.07) is 22.3. The fourth-order valence-electron chi connectivity index (χ4n) is 4.87. The second-order valence-electron chi connectivity index (χ2n) is 9.90. The van der Waals surface area contributed by atoms with Crippen LogP contribution >= 0.6 is 27.5 Å². The summed E-state index contributed by atoms with van der Waals surface area (Å²) in [5.74, 6) is 0.217. The molecule has 0 heterocycles. The minimum Gasteiger partial charge on any atom is -0.484 e. The molecule has 1 unspecified atom stereocenters. The largest absolute Gasteiger partial charge is 0.484 e. The van der Waals surface area contributed by atoms with Crippen molar-refractivity contribution >= 4 is 39.3 Å². The van der Waals surface area contributed by atoms with Gasteiger partial charge < -0.3 is 15.0 Å². The first-order valence-corrected chi connectivity index (χ1v) is 14.3. The smallest absolute Gasteiger partial charge is 0.261 e. The summed E-state index contributed by atoms with van der Waals surface area (Å²) in [7, 11) is 0. The minimum atomic E-state index is -0.693.